The Labute approximate surface area is 191 Å². The number of piperazine rings is 1. The molecule has 0 aliphatic carbocycles. The van der Waals surface area contributed by atoms with Gasteiger partial charge in [0.15, 0.2) is 0 Å². The molecule has 1 amide bonds. The first-order chi connectivity index (χ1) is 15.5. The van der Waals surface area contributed by atoms with Crippen LogP contribution >= 0.6 is 11.6 Å². The van der Waals surface area contributed by atoms with E-state index in [1.165, 1.54) is 6.07 Å². The number of rotatable bonds is 6. The molecule has 2 saturated heterocycles. The minimum Gasteiger partial charge on any atom is -0.378 e. The van der Waals surface area contributed by atoms with Crippen LogP contribution in [0.15, 0.2) is 42.5 Å². The van der Waals surface area contributed by atoms with Crippen LogP contribution in [0.25, 0.3) is 0 Å². The molecule has 170 valence electrons. The summed E-state index contributed by atoms with van der Waals surface area (Å²) in [7, 11) is 0. The highest BCUT2D eigenvalue weighted by atomic mass is 35.5. The second-order valence-electron chi connectivity index (χ2n) is 7.85. The number of amides is 1. The molecule has 0 radical (unpaired) electrons. The van der Waals surface area contributed by atoms with Gasteiger partial charge in [-0.1, -0.05) is 11.6 Å². The van der Waals surface area contributed by atoms with Gasteiger partial charge in [-0.3, -0.25) is 19.8 Å². The zero-order valence-electron chi connectivity index (χ0n) is 17.7. The molecule has 9 nitrogen and oxygen atoms in total. The molecule has 0 spiro atoms. The largest absolute Gasteiger partial charge is 0.378 e. The van der Waals surface area contributed by atoms with Crippen LogP contribution in [0.1, 0.15) is 0 Å². The van der Waals surface area contributed by atoms with Gasteiger partial charge in [0.25, 0.3) is 5.69 Å². The standard InChI is InChI=1S/C22H26ClN5O4/c23-17-1-6-20(21(15-17)28(30)31)27-9-7-25(8-10-27)16-22(29)24-18-2-4-19(5-3-18)26-11-13-32-14-12-26/h1-6,15H,7-14,16H2,(H,24,29). The van der Waals surface area contributed by atoms with Crippen LogP contribution in [0.2, 0.25) is 5.02 Å². The van der Waals surface area contributed by atoms with Crippen molar-refractivity contribution in [3.63, 3.8) is 0 Å². The molecule has 0 unspecified atom stereocenters. The highest BCUT2D eigenvalue weighted by Crippen LogP contribution is 2.31. The Kier molecular flexibility index (Phi) is 7.09. The summed E-state index contributed by atoms with van der Waals surface area (Å²) in [5, 5.41) is 14.7. The number of hydrogen-bond donors (Lipinski definition) is 1. The predicted octanol–water partition coefficient (Wildman–Crippen LogP) is 2.85. The minimum atomic E-state index is -0.411. The molecule has 2 heterocycles. The van der Waals surface area contributed by atoms with Crippen molar-refractivity contribution in [2.45, 2.75) is 0 Å². The number of nitrogens with zero attached hydrogens (tertiary/aromatic N) is 4. The first-order valence-electron chi connectivity index (χ1n) is 10.6. The van der Waals surface area contributed by atoms with Gasteiger partial charge in [0.2, 0.25) is 5.91 Å². The first kappa shape index (κ1) is 22.3. The normalized spacial score (nSPS) is 17.3. The van der Waals surface area contributed by atoms with E-state index in [1.807, 2.05) is 29.2 Å². The summed E-state index contributed by atoms with van der Waals surface area (Å²) in [6.45, 7) is 5.98. The van der Waals surface area contributed by atoms with Crippen LogP contribution in [0, 0.1) is 10.1 Å². The van der Waals surface area contributed by atoms with Crippen LogP contribution < -0.4 is 15.1 Å². The van der Waals surface area contributed by atoms with Crippen molar-refractivity contribution in [2.24, 2.45) is 0 Å². The third kappa shape index (κ3) is 5.48. The molecule has 0 saturated carbocycles. The number of nitro groups is 1. The molecule has 32 heavy (non-hydrogen) atoms. The third-order valence-electron chi connectivity index (χ3n) is 5.74. The average molecular weight is 460 g/mol. The predicted molar refractivity (Wildman–Crippen MR) is 125 cm³/mol. The van der Waals surface area contributed by atoms with Gasteiger partial charge >= 0.3 is 0 Å². The van der Waals surface area contributed by atoms with E-state index in [0.717, 1.165) is 37.7 Å². The molecule has 0 bridgehead atoms. The first-order valence-corrected chi connectivity index (χ1v) is 11.0. The summed E-state index contributed by atoms with van der Waals surface area (Å²) in [4.78, 5) is 29.7. The topological polar surface area (TPSA) is 91.2 Å². The Morgan fingerprint density at radius 1 is 1.00 bits per heavy atom. The lowest BCUT2D eigenvalue weighted by Crippen LogP contribution is -2.48. The van der Waals surface area contributed by atoms with Gasteiger partial charge in [0, 0.05) is 61.7 Å². The molecule has 4 rings (SSSR count). The van der Waals surface area contributed by atoms with Crippen molar-refractivity contribution in [3.05, 3.63) is 57.6 Å². The van der Waals surface area contributed by atoms with E-state index in [9.17, 15) is 14.9 Å². The molecular weight excluding hydrogens is 434 g/mol. The van der Waals surface area contributed by atoms with E-state index < -0.39 is 4.92 Å². The van der Waals surface area contributed by atoms with E-state index >= 15 is 0 Å². The molecule has 2 aliphatic heterocycles. The Morgan fingerprint density at radius 3 is 2.34 bits per heavy atom. The van der Waals surface area contributed by atoms with E-state index in [0.29, 0.717) is 36.9 Å². The highest BCUT2D eigenvalue weighted by Gasteiger charge is 2.25. The number of hydrogen-bond acceptors (Lipinski definition) is 7. The van der Waals surface area contributed by atoms with Crippen LogP contribution in [0.4, 0.5) is 22.7 Å². The molecule has 0 atom stereocenters. The lowest BCUT2D eigenvalue weighted by molar-refractivity contribution is -0.384. The number of halogens is 1. The number of nitrogens with one attached hydrogen (secondary N) is 1. The Bertz CT molecular complexity index is 957. The van der Waals surface area contributed by atoms with Crippen LogP contribution in [-0.4, -0.2) is 74.8 Å². The SMILES string of the molecule is O=C(CN1CCN(c2ccc(Cl)cc2[N+](=O)[O-])CC1)Nc1ccc(N2CCOCC2)cc1. The molecular formula is C22H26ClN5O4. The lowest BCUT2D eigenvalue weighted by Gasteiger charge is -2.35. The van der Waals surface area contributed by atoms with E-state index in [-0.39, 0.29) is 18.1 Å². The van der Waals surface area contributed by atoms with Gasteiger partial charge in [-0.05, 0) is 36.4 Å². The second-order valence-corrected chi connectivity index (χ2v) is 8.28. The summed E-state index contributed by atoms with van der Waals surface area (Å²) in [6.07, 6.45) is 0. The van der Waals surface area contributed by atoms with Gasteiger partial charge < -0.3 is 19.9 Å². The van der Waals surface area contributed by atoms with Crippen LogP contribution in [0.5, 0.6) is 0 Å². The maximum Gasteiger partial charge on any atom is 0.294 e. The maximum absolute atomic E-state index is 12.5. The van der Waals surface area contributed by atoms with Crippen molar-refractivity contribution >= 4 is 40.3 Å². The molecule has 0 aromatic heterocycles. The zero-order chi connectivity index (χ0) is 22.5. The molecule has 2 aromatic rings. The number of morpholine rings is 1. The number of carbonyl (C=O) groups is 1. The molecule has 1 N–H and O–H groups in total. The van der Waals surface area contributed by atoms with Crippen molar-refractivity contribution in [3.8, 4) is 0 Å². The Morgan fingerprint density at radius 2 is 1.69 bits per heavy atom. The van der Waals surface area contributed by atoms with E-state index in [2.05, 4.69) is 15.1 Å². The maximum atomic E-state index is 12.5. The van der Waals surface area contributed by atoms with Gasteiger partial charge in [-0.25, -0.2) is 0 Å². The van der Waals surface area contributed by atoms with Crippen molar-refractivity contribution in [1.82, 2.24) is 4.90 Å². The number of anilines is 3. The highest BCUT2D eigenvalue weighted by molar-refractivity contribution is 6.30. The Balaban J connectivity index is 1.27. The fourth-order valence-electron chi connectivity index (χ4n) is 4.04. The van der Waals surface area contributed by atoms with Gasteiger partial charge in [-0.2, -0.15) is 0 Å². The lowest BCUT2D eigenvalue weighted by atomic mass is 10.2. The average Bonchev–Trinajstić information content (AvgIpc) is 2.80. The molecule has 10 heteroatoms. The summed E-state index contributed by atoms with van der Waals surface area (Å²) in [6, 6.07) is 12.6. The number of ether oxygens (including phenoxy) is 1. The van der Waals surface area contributed by atoms with Crippen molar-refractivity contribution in [1.29, 1.82) is 0 Å². The molecule has 2 aromatic carbocycles. The van der Waals surface area contributed by atoms with Gasteiger partial charge in [0.1, 0.15) is 5.69 Å². The zero-order valence-corrected chi connectivity index (χ0v) is 18.5. The summed E-state index contributed by atoms with van der Waals surface area (Å²) < 4.78 is 5.38. The number of benzene rings is 2. The summed E-state index contributed by atoms with van der Waals surface area (Å²) in [5.41, 5.74) is 2.45. The number of carbonyl (C=O) groups excluding carboxylic acids is 1. The van der Waals surface area contributed by atoms with Gasteiger partial charge in [0.05, 0.1) is 24.7 Å². The van der Waals surface area contributed by atoms with Crippen LogP contribution in [0.3, 0.4) is 0 Å². The minimum absolute atomic E-state index is 0.00391. The summed E-state index contributed by atoms with van der Waals surface area (Å²) in [5.74, 6) is -0.0740. The number of nitro benzene ring substituents is 1. The fourth-order valence-corrected chi connectivity index (χ4v) is 4.20. The van der Waals surface area contributed by atoms with Gasteiger partial charge in [-0.15, -0.1) is 0 Å². The van der Waals surface area contributed by atoms with E-state index in [1.54, 1.807) is 12.1 Å². The monoisotopic (exact) mass is 459 g/mol. The van der Waals surface area contributed by atoms with E-state index in [4.69, 9.17) is 16.3 Å². The van der Waals surface area contributed by atoms with Crippen molar-refractivity contribution in [2.75, 3.05) is 74.1 Å². The second kappa shape index (κ2) is 10.2. The summed E-state index contributed by atoms with van der Waals surface area (Å²) >= 11 is 5.91. The van der Waals surface area contributed by atoms with Crippen LogP contribution in [-0.2, 0) is 9.53 Å². The quantitative estimate of drug-likeness (QED) is 0.524. The third-order valence-corrected chi connectivity index (χ3v) is 5.98. The van der Waals surface area contributed by atoms with Crippen molar-refractivity contribution < 1.29 is 14.5 Å². The Hall–Kier alpha value is -2.88. The fraction of sp³-hybridized carbons (Fsp3) is 0.409. The molecule has 2 fully saturated rings. The smallest absolute Gasteiger partial charge is 0.294 e. The molecule has 2 aliphatic rings.